The minimum Gasteiger partial charge on any atom is -0.256 e. The number of aromatic nitrogens is 1. The highest BCUT2D eigenvalue weighted by Gasteiger charge is 2.13. The molecule has 0 atom stereocenters. The summed E-state index contributed by atoms with van der Waals surface area (Å²) in [5.41, 5.74) is 4.02. The highest BCUT2D eigenvalue weighted by atomic mass is 14.6. The van der Waals surface area contributed by atoms with Crippen LogP contribution in [0, 0.1) is 0 Å². The first-order valence-electron chi connectivity index (χ1n) is 5.98. The molecule has 0 aliphatic heterocycles. The van der Waals surface area contributed by atoms with Gasteiger partial charge in [-0.2, -0.15) is 0 Å². The van der Waals surface area contributed by atoms with Crippen LogP contribution in [-0.4, -0.2) is 4.98 Å². The van der Waals surface area contributed by atoms with E-state index in [1.807, 2.05) is 12.3 Å². The summed E-state index contributed by atoms with van der Waals surface area (Å²) in [6.07, 6.45) is 1.86. The molecule has 1 heteroatoms. The summed E-state index contributed by atoms with van der Waals surface area (Å²) >= 11 is 0. The van der Waals surface area contributed by atoms with Crippen LogP contribution in [0.2, 0.25) is 0 Å². The fourth-order valence-corrected chi connectivity index (χ4v) is 2.34. The number of fused-ring (bicyclic) bond motifs is 1. The minimum atomic E-state index is 0.547. The van der Waals surface area contributed by atoms with E-state index in [0.717, 1.165) is 5.52 Å². The van der Waals surface area contributed by atoms with Crippen LogP contribution >= 0.6 is 0 Å². The third kappa shape index (κ3) is 1.82. The van der Waals surface area contributed by atoms with E-state index in [0.29, 0.717) is 11.8 Å². The van der Waals surface area contributed by atoms with E-state index in [9.17, 15) is 0 Å². The van der Waals surface area contributed by atoms with E-state index in [1.165, 1.54) is 16.5 Å². The van der Waals surface area contributed by atoms with E-state index in [2.05, 4.69) is 50.9 Å². The molecule has 0 amide bonds. The van der Waals surface area contributed by atoms with Gasteiger partial charge in [-0.1, -0.05) is 39.8 Å². The third-order valence-corrected chi connectivity index (χ3v) is 3.06. The lowest BCUT2D eigenvalue weighted by Gasteiger charge is -2.18. The van der Waals surface area contributed by atoms with E-state index in [4.69, 9.17) is 0 Å². The first kappa shape index (κ1) is 11.1. The van der Waals surface area contributed by atoms with Crippen molar-refractivity contribution in [2.45, 2.75) is 39.5 Å². The van der Waals surface area contributed by atoms with E-state index < -0.39 is 0 Å². The summed E-state index contributed by atoms with van der Waals surface area (Å²) in [5, 5.41) is 1.31. The van der Waals surface area contributed by atoms with Crippen molar-refractivity contribution in [3.8, 4) is 0 Å². The molecule has 1 nitrogen and oxygen atoms in total. The van der Waals surface area contributed by atoms with Crippen molar-refractivity contribution in [3.63, 3.8) is 0 Å². The monoisotopic (exact) mass is 213 g/mol. The molecule has 1 aromatic heterocycles. The molecule has 2 rings (SSSR count). The molecule has 0 aliphatic rings. The number of nitrogens with zero attached hydrogens (tertiary/aromatic N) is 1. The number of benzene rings is 1. The molecule has 2 aromatic rings. The maximum atomic E-state index is 4.42. The Morgan fingerprint density at radius 2 is 1.69 bits per heavy atom. The van der Waals surface area contributed by atoms with Gasteiger partial charge in [0.15, 0.2) is 0 Å². The molecular weight excluding hydrogens is 194 g/mol. The largest absolute Gasteiger partial charge is 0.256 e. The van der Waals surface area contributed by atoms with Crippen LogP contribution in [-0.2, 0) is 0 Å². The van der Waals surface area contributed by atoms with Gasteiger partial charge >= 0.3 is 0 Å². The molecule has 84 valence electrons. The number of hydrogen-bond donors (Lipinski definition) is 0. The molecular formula is C15H19N. The Morgan fingerprint density at radius 3 is 2.31 bits per heavy atom. The van der Waals surface area contributed by atoms with Crippen molar-refractivity contribution in [2.24, 2.45) is 0 Å². The molecule has 0 unspecified atom stereocenters. The SMILES string of the molecule is CC(C)c1ccc2ncccc2c1C(C)C. The van der Waals surface area contributed by atoms with Gasteiger partial charge < -0.3 is 0 Å². The van der Waals surface area contributed by atoms with Gasteiger partial charge in [-0.15, -0.1) is 0 Å². The number of rotatable bonds is 2. The van der Waals surface area contributed by atoms with E-state index in [-0.39, 0.29) is 0 Å². The summed E-state index contributed by atoms with van der Waals surface area (Å²) < 4.78 is 0. The van der Waals surface area contributed by atoms with Crippen LogP contribution in [0.25, 0.3) is 10.9 Å². The Kier molecular flexibility index (Phi) is 2.95. The first-order chi connectivity index (χ1) is 7.61. The van der Waals surface area contributed by atoms with Crippen LogP contribution in [0.15, 0.2) is 30.5 Å². The molecule has 0 fully saturated rings. The molecule has 16 heavy (non-hydrogen) atoms. The Morgan fingerprint density at radius 1 is 0.938 bits per heavy atom. The normalized spacial score (nSPS) is 11.6. The predicted octanol–water partition coefficient (Wildman–Crippen LogP) is 4.48. The fourth-order valence-electron chi connectivity index (χ4n) is 2.34. The lowest BCUT2D eigenvalue weighted by atomic mass is 9.88. The highest BCUT2D eigenvalue weighted by Crippen LogP contribution is 2.32. The second-order valence-electron chi connectivity index (χ2n) is 4.95. The first-order valence-corrected chi connectivity index (χ1v) is 5.98. The molecule has 0 saturated carbocycles. The molecule has 0 saturated heterocycles. The molecule has 0 N–H and O–H groups in total. The van der Waals surface area contributed by atoms with Gasteiger partial charge in [0.2, 0.25) is 0 Å². The van der Waals surface area contributed by atoms with Crippen molar-refractivity contribution < 1.29 is 0 Å². The van der Waals surface area contributed by atoms with Crippen molar-refractivity contribution in [1.82, 2.24) is 4.98 Å². The van der Waals surface area contributed by atoms with E-state index >= 15 is 0 Å². The predicted molar refractivity (Wildman–Crippen MR) is 69.9 cm³/mol. The lowest BCUT2D eigenvalue weighted by Crippen LogP contribution is -2.00. The quantitative estimate of drug-likeness (QED) is 0.716. The van der Waals surface area contributed by atoms with Gasteiger partial charge in [0.1, 0.15) is 0 Å². The second-order valence-corrected chi connectivity index (χ2v) is 4.95. The lowest BCUT2D eigenvalue weighted by molar-refractivity contribution is 0.797. The van der Waals surface area contributed by atoms with Crippen molar-refractivity contribution >= 4 is 10.9 Å². The smallest absolute Gasteiger partial charge is 0.0705 e. The Balaban J connectivity index is 2.79. The molecule has 1 aromatic carbocycles. The Hall–Kier alpha value is -1.37. The highest BCUT2D eigenvalue weighted by molar-refractivity contribution is 5.84. The zero-order valence-electron chi connectivity index (χ0n) is 10.5. The van der Waals surface area contributed by atoms with Gasteiger partial charge in [-0.25, -0.2) is 0 Å². The zero-order valence-corrected chi connectivity index (χ0v) is 10.5. The molecule has 0 radical (unpaired) electrons. The summed E-state index contributed by atoms with van der Waals surface area (Å²) in [6.45, 7) is 9.02. The molecule has 1 heterocycles. The summed E-state index contributed by atoms with van der Waals surface area (Å²) in [6, 6.07) is 8.58. The van der Waals surface area contributed by atoms with Crippen molar-refractivity contribution in [1.29, 1.82) is 0 Å². The third-order valence-electron chi connectivity index (χ3n) is 3.06. The number of pyridine rings is 1. The minimum absolute atomic E-state index is 0.547. The van der Waals surface area contributed by atoms with Crippen LogP contribution < -0.4 is 0 Å². The standard InChI is InChI=1S/C15H19N/c1-10(2)12-7-8-14-13(6-5-9-16-14)15(12)11(3)4/h5-11H,1-4H3. The summed E-state index contributed by atoms with van der Waals surface area (Å²) in [7, 11) is 0. The zero-order chi connectivity index (χ0) is 11.7. The molecule has 0 aliphatic carbocycles. The van der Waals surface area contributed by atoms with Crippen LogP contribution in [0.1, 0.15) is 50.7 Å². The second kappa shape index (κ2) is 4.25. The fraction of sp³-hybridized carbons (Fsp3) is 0.400. The molecule has 0 bridgehead atoms. The van der Waals surface area contributed by atoms with E-state index in [1.54, 1.807) is 0 Å². The van der Waals surface area contributed by atoms with Gasteiger partial charge in [-0.05, 0) is 35.1 Å². The summed E-state index contributed by atoms with van der Waals surface area (Å²) in [4.78, 5) is 4.42. The average Bonchev–Trinajstić information content (AvgIpc) is 2.27. The van der Waals surface area contributed by atoms with Crippen LogP contribution in [0.4, 0.5) is 0 Å². The maximum absolute atomic E-state index is 4.42. The maximum Gasteiger partial charge on any atom is 0.0705 e. The van der Waals surface area contributed by atoms with Crippen molar-refractivity contribution in [2.75, 3.05) is 0 Å². The van der Waals surface area contributed by atoms with Crippen LogP contribution in [0.3, 0.4) is 0 Å². The topological polar surface area (TPSA) is 12.9 Å². The number of hydrogen-bond acceptors (Lipinski definition) is 1. The average molecular weight is 213 g/mol. The van der Waals surface area contributed by atoms with Gasteiger partial charge in [0, 0.05) is 11.6 Å². The molecule has 0 spiro atoms. The Labute approximate surface area is 97.5 Å². The Bertz CT molecular complexity index is 498. The van der Waals surface area contributed by atoms with Gasteiger partial charge in [-0.3, -0.25) is 4.98 Å². The summed E-state index contributed by atoms with van der Waals surface area (Å²) in [5.74, 6) is 1.12. The van der Waals surface area contributed by atoms with Crippen molar-refractivity contribution in [3.05, 3.63) is 41.6 Å². The van der Waals surface area contributed by atoms with Crippen LogP contribution in [0.5, 0.6) is 0 Å². The van der Waals surface area contributed by atoms with Gasteiger partial charge in [0.05, 0.1) is 5.52 Å². The van der Waals surface area contributed by atoms with Gasteiger partial charge in [0.25, 0.3) is 0 Å².